The lowest BCUT2D eigenvalue weighted by Gasteiger charge is -2.16. The Hall–Kier alpha value is -3.74. The van der Waals surface area contributed by atoms with Crippen LogP contribution in [-0.4, -0.2) is 40.5 Å². The summed E-state index contributed by atoms with van der Waals surface area (Å²) in [5, 5.41) is 16.8. The highest BCUT2D eigenvalue weighted by Gasteiger charge is 2.21. The first-order valence-electron chi connectivity index (χ1n) is 12.8. The van der Waals surface area contributed by atoms with Crippen molar-refractivity contribution < 1.29 is 19.5 Å². The number of hydrogen-bond donors (Lipinski definition) is 3. The Morgan fingerprint density at radius 3 is 2.58 bits per heavy atom. The molecule has 4 rings (SSSR count). The van der Waals surface area contributed by atoms with Crippen LogP contribution in [-0.2, 0) is 28.9 Å². The Balaban J connectivity index is 1.17. The Morgan fingerprint density at radius 2 is 1.75 bits per heavy atom. The van der Waals surface area contributed by atoms with Crippen LogP contribution in [0, 0.1) is 0 Å². The number of carbonyl (C=O) groups excluding carboxylic acids is 2. The second-order valence-corrected chi connectivity index (χ2v) is 9.39. The number of aromatic nitrogens is 1. The van der Waals surface area contributed by atoms with Crippen molar-refractivity contribution in [2.75, 3.05) is 6.54 Å². The third-order valence-electron chi connectivity index (χ3n) is 6.69. The van der Waals surface area contributed by atoms with Gasteiger partial charge in [0.1, 0.15) is 6.04 Å². The quantitative estimate of drug-likeness (QED) is 0.351. The predicted octanol–water partition coefficient (Wildman–Crippen LogP) is 4.22. The summed E-state index contributed by atoms with van der Waals surface area (Å²) in [6, 6.07) is 16.1. The van der Waals surface area contributed by atoms with E-state index in [2.05, 4.69) is 22.8 Å². The number of carbonyl (C=O) groups is 3. The number of carboxylic acids is 1. The van der Waals surface area contributed by atoms with E-state index in [1.165, 1.54) is 24.1 Å². The molecule has 1 aromatic heterocycles. The SMILES string of the molecule is O=C(CCCCc1ccc2c(n1)CCCC2)NCCC(NC(=O)c1ccc2ccccc2c1)C(=O)O. The fourth-order valence-corrected chi connectivity index (χ4v) is 4.63. The molecular formula is C29H33N3O4. The van der Waals surface area contributed by atoms with E-state index < -0.39 is 17.9 Å². The fourth-order valence-electron chi connectivity index (χ4n) is 4.63. The lowest BCUT2D eigenvalue weighted by Crippen LogP contribution is -2.43. The average Bonchev–Trinajstić information content (AvgIpc) is 2.90. The molecular weight excluding hydrogens is 454 g/mol. The van der Waals surface area contributed by atoms with Gasteiger partial charge >= 0.3 is 5.97 Å². The minimum Gasteiger partial charge on any atom is -0.480 e. The summed E-state index contributed by atoms with van der Waals surface area (Å²) >= 11 is 0. The summed E-state index contributed by atoms with van der Waals surface area (Å²) in [5.41, 5.74) is 4.09. The molecule has 1 heterocycles. The van der Waals surface area contributed by atoms with Gasteiger partial charge in [0.2, 0.25) is 5.91 Å². The van der Waals surface area contributed by atoms with Crippen molar-refractivity contribution in [1.29, 1.82) is 0 Å². The summed E-state index contributed by atoms with van der Waals surface area (Å²) in [6.07, 6.45) is 7.59. The zero-order chi connectivity index (χ0) is 25.3. The van der Waals surface area contributed by atoms with Crippen LogP contribution in [0.15, 0.2) is 54.6 Å². The van der Waals surface area contributed by atoms with Crippen LogP contribution in [0.25, 0.3) is 10.8 Å². The maximum Gasteiger partial charge on any atom is 0.326 e. The zero-order valence-electron chi connectivity index (χ0n) is 20.5. The number of nitrogens with zero attached hydrogens (tertiary/aromatic N) is 1. The number of hydrogen-bond acceptors (Lipinski definition) is 4. The first-order valence-corrected chi connectivity index (χ1v) is 12.8. The van der Waals surface area contributed by atoms with Gasteiger partial charge in [-0.3, -0.25) is 14.6 Å². The minimum atomic E-state index is -1.13. The molecule has 2 amide bonds. The van der Waals surface area contributed by atoms with E-state index in [4.69, 9.17) is 4.98 Å². The molecule has 3 N–H and O–H groups in total. The molecule has 188 valence electrons. The number of amides is 2. The van der Waals surface area contributed by atoms with Crippen molar-refractivity contribution >= 4 is 28.6 Å². The highest BCUT2D eigenvalue weighted by Crippen LogP contribution is 2.20. The molecule has 2 aromatic carbocycles. The molecule has 3 aromatic rings. The Bertz CT molecular complexity index is 1240. The molecule has 1 aliphatic rings. The highest BCUT2D eigenvalue weighted by atomic mass is 16.4. The molecule has 0 radical (unpaired) electrons. The Kier molecular flexibility index (Phi) is 8.66. The lowest BCUT2D eigenvalue weighted by molar-refractivity contribution is -0.139. The monoisotopic (exact) mass is 487 g/mol. The average molecular weight is 488 g/mol. The molecule has 0 fully saturated rings. The molecule has 7 nitrogen and oxygen atoms in total. The van der Waals surface area contributed by atoms with E-state index in [9.17, 15) is 19.5 Å². The molecule has 1 unspecified atom stereocenters. The van der Waals surface area contributed by atoms with Crippen molar-refractivity contribution in [2.45, 2.75) is 63.8 Å². The molecule has 0 saturated carbocycles. The number of rotatable bonds is 11. The molecule has 36 heavy (non-hydrogen) atoms. The minimum absolute atomic E-state index is 0.111. The third kappa shape index (κ3) is 6.90. The largest absolute Gasteiger partial charge is 0.480 e. The second-order valence-electron chi connectivity index (χ2n) is 9.39. The van der Waals surface area contributed by atoms with Gasteiger partial charge in [0.15, 0.2) is 0 Å². The van der Waals surface area contributed by atoms with Crippen molar-refractivity contribution in [3.63, 3.8) is 0 Å². The first-order chi connectivity index (χ1) is 17.5. The van der Waals surface area contributed by atoms with Crippen LogP contribution in [0.4, 0.5) is 0 Å². The van der Waals surface area contributed by atoms with E-state index in [0.717, 1.165) is 48.6 Å². The molecule has 7 heteroatoms. The zero-order valence-corrected chi connectivity index (χ0v) is 20.5. The van der Waals surface area contributed by atoms with Crippen LogP contribution < -0.4 is 10.6 Å². The van der Waals surface area contributed by atoms with Crippen LogP contribution in [0.5, 0.6) is 0 Å². The van der Waals surface area contributed by atoms with Crippen LogP contribution in [0.2, 0.25) is 0 Å². The first kappa shape index (κ1) is 25.4. The highest BCUT2D eigenvalue weighted by molar-refractivity contribution is 6.00. The summed E-state index contributed by atoms with van der Waals surface area (Å²) in [6.45, 7) is 0.181. The number of aliphatic carboxylic acids is 1. The smallest absolute Gasteiger partial charge is 0.326 e. The number of pyridine rings is 1. The maximum atomic E-state index is 12.6. The van der Waals surface area contributed by atoms with E-state index >= 15 is 0 Å². The number of carboxylic acid groups (broad SMARTS) is 1. The molecule has 0 saturated heterocycles. The van der Waals surface area contributed by atoms with Crippen molar-refractivity contribution in [3.05, 3.63) is 77.1 Å². The van der Waals surface area contributed by atoms with Gasteiger partial charge in [-0.1, -0.05) is 36.4 Å². The van der Waals surface area contributed by atoms with Crippen molar-refractivity contribution in [2.24, 2.45) is 0 Å². The molecule has 0 spiro atoms. The Labute approximate surface area is 211 Å². The van der Waals surface area contributed by atoms with Crippen LogP contribution in [0.1, 0.15) is 65.8 Å². The fraction of sp³-hybridized carbons (Fsp3) is 0.379. The van der Waals surface area contributed by atoms with Gasteiger partial charge in [-0.15, -0.1) is 0 Å². The number of benzene rings is 2. The number of unbranched alkanes of at least 4 members (excludes halogenated alkanes) is 1. The normalized spacial score (nSPS) is 13.6. The van der Waals surface area contributed by atoms with E-state index in [1.54, 1.807) is 12.1 Å². The van der Waals surface area contributed by atoms with Gasteiger partial charge in [-0.05, 0) is 85.9 Å². The standard InChI is InChI=1S/C29H33N3O4/c33-27(12-6-4-10-24-16-15-21-8-3-5-11-25(21)31-24)30-18-17-26(29(35)36)32-28(34)23-14-13-20-7-1-2-9-22(20)19-23/h1-2,7,9,13-16,19,26H,3-6,8,10-12,17-18H2,(H,30,33)(H,32,34)(H,35,36). The molecule has 0 aliphatic heterocycles. The summed E-state index contributed by atoms with van der Waals surface area (Å²) in [7, 11) is 0. The molecule has 1 atom stereocenters. The van der Waals surface area contributed by atoms with Gasteiger partial charge in [0.05, 0.1) is 0 Å². The van der Waals surface area contributed by atoms with Crippen LogP contribution in [0.3, 0.4) is 0 Å². The number of nitrogens with one attached hydrogen (secondary N) is 2. The second kappa shape index (κ2) is 12.3. The van der Waals surface area contributed by atoms with Gasteiger partial charge in [-0.2, -0.15) is 0 Å². The number of aryl methyl sites for hydroxylation is 3. The van der Waals surface area contributed by atoms with Gasteiger partial charge < -0.3 is 15.7 Å². The topological polar surface area (TPSA) is 108 Å². The summed E-state index contributed by atoms with van der Waals surface area (Å²) < 4.78 is 0. The van der Waals surface area contributed by atoms with E-state index in [1.807, 2.05) is 30.3 Å². The summed E-state index contributed by atoms with van der Waals surface area (Å²) in [4.78, 5) is 41.2. The predicted molar refractivity (Wildman–Crippen MR) is 139 cm³/mol. The van der Waals surface area contributed by atoms with E-state index in [0.29, 0.717) is 12.0 Å². The Morgan fingerprint density at radius 1 is 0.944 bits per heavy atom. The van der Waals surface area contributed by atoms with Crippen LogP contribution >= 0.6 is 0 Å². The maximum absolute atomic E-state index is 12.6. The van der Waals surface area contributed by atoms with Crippen molar-refractivity contribution in [1.82, 2.24) is 15.6 Å². The third-order valence-corrected chi connectivity index (χ3v) is 6.69. The summed E-state index contributed by atoms with van der Waals surface area (Å²) in [5.74, 6) is -1.69. The molecule has 1 aliphatic carbocycles. The lowest BCUT2D eigenvalue weighted by atomic mass is 9.95. The van der Waals surface area contributed by atoms with Gasteiger partial charge in [-0.25, -0.2) is 4.79 Å². The number of fused-ring (bicyclic) bond motifs is 2. The molecule has 0 bridgehead atoms. The van der Waals surface area contributed by atoms with Gasteiger partial charge in [0, 0.05) is 29.9 Å². The van der Waals surface area contributed by atoms with Gasteiger partial charge in [0.25, 0.3) is 5.91 Å². The van der Waals surface area contributed by atoms with E-state index in [-0.39, 0.29) is 18.9 Å². The van der Waals surface area contributed by atoms with Crippen molar-refractivity contribution in [3.8, 4) is 0 Å².